The highest BCUT2D eigenvalue weighted by atomic mass is 35.5. The Labute approximate surface area is 117 Å². The van der Waals surface area contributed by atoms with Crippen LogP contribution in [-0.2, 0) is 11.0 Å². The Kier molecular flexibility index (Phi) is 3.99. The topological polar surface area (TPSA) is 26.3 Å². The van der Waals surface area contributed by atoms with Crippen molar-refractivity contribution in [2.24, 2.45) is 0 Å². The van der Waals surface area contributed by atoms with Gasteiger partial charge in [0.15, 0.2) is 0 Å². The minimum atomic E-state index is -4.46. The molecule has 0 spiro atoms. The molecule has 0 aliphatic carbocycles. The SMILES string of the molecule is O=[C]c1cccc(Oc2ccc(C(F)(F)F)cc2Cl)c1. The van der Waals surface area contributed by atoms with Crippen LogP contribution in [0.25, 0.3) is 0 Å². The number of alkyl halides is 3. The van der Waals surface area contributed by atoms with Crippen LogP contribution in [0.4, 0.5) is 13.2 Å². The van der Waals surface area contributed by atoms with Crippen LogP contribution in [0.15, 0.2) is 42.5 Å². The molecule has 0 saturated heterocycles. The van der Waals surface area contributed by atoms with Gasteiger partial charge in [-0.15, -0.1) is 0 Å². The summed E-state index contributed by atoms with van der Waals surface area (Å²) in [6.45, 7) is 0. The van der Waals surface area contributed by atoms with Crippen molar-refractivity contribution in [3.63, 3.8) is 0 Å². The molecule has 103 valence electrons. The number of carbonyl (C=O) groups excluding carboxylic acids is 1. The van der Waals surface area contributed by atoms with Crippen molar-refractivity contribution in [3.05, 3.63) is 58.6 Å². The lowest BCUT2D eigenvalue weighted by molar-refractivity contribution is -0.137. The van der Waals surface area contributed by atoms with E-state index in [-0.39, 0.29) is 22.1 Å². The molecule has 1 radical (unpaired) electrons. The summed E-state index contributed by atoms with van der Waals surface area (Å²) in [4.78, 5) is 10.5. The van der Waals surface area contributed by atoms with Gasteiger partial charge in [-0.05, 0) is 30.3 Å². The van der Waals surface area contributed by atoms with Gasteiger partial charge >= 0.3 is 6.18 Å². The van der Waals surface area contributed by atoms with Gasteiger partial charge in [-0.3, -0.25) is 4.79 Å². The zero-order valence-electron chi connectivity index (χ0n) is 9.87. The molecular weight excluding hydrogens is 293 g/mol. The van der Waals surface area contributed by atoms with E-state index in [4.69, 9.17) is 16.3 Å². The fraction of sp³-hybridized carbons (Fsp3) is 0.0714. The Bertz CT molecular complexity index is 639. The van der Waals surface area contributed by atoms with E-state index < -0.39 is 11.7 Å². The second-order valence-corrected chi connectivity index (χ2v) is 4.28. The van der Waals surface area contributed by atoms with Crippen molar-refractivity contribution in [1.29, 1.82) is 0 Å². The normalized spacial score (nSPS) is 11.2. The Balaban J connectivity index is 2.28. The maximum atomic E-state index is 12.5. The summed E-state index contributed by atoms with van der Waals surface area (Å²) >= 11 is 5.76. The first kappa shape index (κ1) is 14.4. The van der Waals surface area contributed by atoms with Crippen LogP contribution >= 0.6 is 11.6 Å². The van der Waals surface area contributed by atoms with Gasteiger partial charge in [0.2, 0.25) is 6.29 Å². The Morgan fingerprint density at radius 1 is 1.10 bits per heavy atom. The Morgan fingerprint density at radius 2 is 1.85 bits per heavy atom. The van der Waals surface area contributed by atoms with Crippen molar-refractivity contribution in [2.45, 2.75) is 6.18 Å². The predicted octanol–water partition coefficient (Wildman–Crippen LogP) is 4.61. The molecule has 0 atom stereocenters. The molecule has 20 heavy (non-hydrogen) atoms. The third-order valence-electron chi connectivity index (χ3n) is 2.44. The van der Waals surface area contributed by atoms with Gasteiger partial charge < -0.3 is 4.74 Å². The van der Waals surface area contributed by atoms with Crippen LogP contribution in [0.5, 0.6) is 11.5 Å². The Morgan fingerprint density at radius 3 is 2.45 bits per heavy atom. The molecule has 2 aromatic rings. The van der Waals surface area contributed by atoms with Gasteiger partial charge in [0.25, 0.3) is 0 Å². The third kappa shape index (κ3) is 3.30. The number of hydrogen-bond donors (Lipinski definition) is 0. The van der Waals surface area contributed by atoms with E-state index in [2.05, 4.69) is 0 Å². The second kappa shape index (κ2) is 5.54. The quantitative estimate of drug-likeness (QED) is 0.827. The van der Waals surface area contributed by atoms with Crippen molar-refractivity contribution >= 4 is 17.9 Å². The van der Waals surface area contributed by atoms with Crippen LogP contribution in [0.1, 0.15) is 11.1 Å². The highest BCUT2D eigenvalue weighted by molar-refractivity contribution is 6.32. The molecule has 0 aromatic heterocycles. The molecule has 2 rings (SSSR count). The van der Waals surface area contributed by atoms with E-state index in [9.17, 15) is 18.0 Å². The lowest BCUT2D eigenvalue weighted by atomic mass is 10.2. The van der Waals surface area contributed by atoms with Crippen LogP contribution in [0, 0.1) is 0 Å². The first-order chi connectivity index (χ1) is 9.40. The summed E-state index contributed by atoms with van der Waals surface area (Å²) in [7, 11) is 0. The first-order valence-corrected chi connectivity index (χ1v) is 5.81. The number of rotatable bonds is 3. The predicted molar refractivity (Wildman–Crippen MR) is 67.8 cm³/mol. The fourth-order valence-electron chi connectivity index (χ4n) is 1.51. The third-order valence-corrected chi connectivity index (χ3v) is 2.73. The van der Waals surface area contributed by atoms with E-state index in [1.165, 1.54) is 12.1 Å². The summed E-state index contributed by atoms with van der Waals surface area (Å²) in [5.41, 5.74) is -0.588. The molecule has 0 unspecified atom stereocenters. The molecule has 0 heterocycles. The number of ether oxygens (including phenoxy) is 1. The molecule has 0 amide bonds. The Hall–Kier alpha value is -2.01. The largest absolute Gasteiger partial charge is 0.456 e. The molecule has 0 saturated carbocycles. The zero-order valence-corrected chi connectivity index (χ0v) is 10.6. The molecule has 0 fully saturated rings. The van der Waals surface area contributed by atoms with Crippen LogP contribution in [0.3, 0.4) is 0 Å². The standard InChI is InChI=1S/C14H7ClF3O2/c15-12-7-10(14(16,17)18)4-5-13(12)20-11-3-1-2-9(6-11)8-19/h1-7H. The van der Waals surface area contributed by atoms with Crippen molar-refractivity contribution in [3.8, 4) is 11.5 Å². The zero-order chi connectivity index (χ0) is 14.8. The van der Waals surface area contributed by atoms with Gasteiger partial charge in [0.1, 0.15) is 11.5 Å². The summed E-state index contributed by atoms with van der Waals surface area (Å²) < 4.78 is 42.8. The highest BCUT2D eigenvalue weighted by Gasteiger charge is 2.31. The monoisotopic (exact) mass is 299 g/mol. The van der Waals surface area contributed by atoms with Gasteiger partial charge in [-0.2, -0.15) is 13.2 Å². The van der Waals surface area contributed by atoms with E-state index in [0.717, 1.165) is 18.2 Å². The summed E-state index contributed by atoms with van der Waals surface area (Å²) in [6.07, 6.45) is -2.78. The van der Waals surface area contributed by atoms with Crippen molar-refractivity contribution in [1.82, 2.24) is 0 Å². The molecule has 0 bridgehead atoms. The van der Waals surface area contributed by atoms with E-state index in [1.807, 2.05) is 0 Å². The average Bonchev–Trinajstić information content (AvgIpc) is 2.40. The molecule has 0 aliphatic heterocycles. The van der Waals surface area contributed by atoms with Gasteiger partial charge in [-0.25, -0.2) is 0 Å². The van der Waals surface area contributed by atoms with Crippen molar-refractivity contribution in [2.75, 3.05) is 0 Å². The molecule has 2 aromatic carbocycles. The summed E-state index contributed by atoms with van der Waals surface area (Å²) in [6, 6.07) is 8.82. The number of halogens is 4. The van der Waals surface area contributed by atoms with E-state index in [0.29, 0.717) is 0 Å². The minimum absolute atomic E-state index is 0.0720. The summed E-state index contributed by atoms with van der Waals surface area (Å²) in [5, 5.41) is -0.166. The van der Waals surface area contributed by atoms with Crippen LogP contribution < -0.4 is 4.74 Å². The summed E-state index contributed by atoms with van der Waals surface area (Å²) in [5.74, 6) is 0.357. The average molecular weight is 300 g/mol. The van der Waals surface area contributed by atoms with E-state index in [1.54, 1.807) is 18.4 Å². The highest BCUT2D eigenvalue weighted by Crippen LogP contribution is 2.36. The maximum absolute atomic E-state index is 12.5. The molecule has 2 nitrogen and oxygen atoms in total. The first-order valence-electron chi connectivity index (χ1n) is 5.43. The molecule has 0 aliphatic rings. The second-order valence-electron chi connectivity index (χ2n) is 3.87. The van der Waals surface area contributed by atoms with Crippen LogP contribution in [0.2, 0.25) is 5.02 Å². The molecular formula is C14H7ClF3O2. The van der Waals surface area contributed by atoms with Crippen molar-refractivity contribution < 1.29 is 22.7 Å². The smallest absolute Gasteiger partial charge is 0.416 e. The molecule has 0 N–H and O–H groups in total. The lowest BCUT2D eigenvalue weighted by Gasteiger charge is -2.11. The van der Waals surface area contributed by atoms with E-state index >= 15 is 0 Å². The van der Waals surface area contributed by atoms with Gasteiger partial charge in [-0.1, -0.05) is 23.7 Å². The minimum Gasteiger partial charge on any atom is -0.456 e. The van der Waals surface area contributed by atoms with Gasteiger partial charge in [0.05, 0.1) is 10.6 Å². The number of benzene rings is 2. The van der Waals surface area contributed by atoms with Crippen LogP contribution in [-0.4, -0.2) is 6.29 Å². The van der Waals surface area contributed by atoms with Gasteiger partial charge in [0, 0.05) is 5.56 Å². The maximum Gasteiger partial charge on any atom is 0.416 e. The number of hydrogen-bond acceptors (Lipinski definition) is 2. The fourth-order valence-corrected chi connectivity index (χ4v) is 1.73. The molecule has 6 heteroatoms. The lowest BCUT2D eigenvalue weighted by Crippen LogP contribution is -2.04.